The Morgan fingerprint density at radius 3 is 2.43 bits per heavy atom. The quantitative estimate of drug-likeness (QED) is 0.367. The van der Waals surface area contributed by atoms with Gasteiger partial charge in [-0.2, -0.15) is 13.1 Å². The maximum absolute atomic E-state index is 16.2. The molecule has 0 radical (unpaired) electrons. The second-order valence-electron chi connectivity index (χ2n) is 7.93. The van der Waals surface area contributed by atoms with Crippen LogP contribution in [-0.2, 0) is 16.6 Å². The van der Waals surface area contributed by atoms with Crippen molar-refractivity contribution in [3.05, 3.63) is 72.0 Å². The van der Waals surface area contributed by atoms with E-state index < -0.39 is 56.9 Å². The number of anilines is 1. The number of rotatable bonds is 7. The molecule has 0 amide bonds. The SMILES string of the molecule is CC=CC(=CC)C(F)(F)C1C(=N)N(CC)c2ncccc2CN1S(=O)(=O)c1ccccc1OC(F)(F)F. The summed E-state index contributed by atoms with van der Waals surface area (Å²) in [6.45, 7) is 3.74. The number of hydrogen-bond acceptors (Lipinski definition) is 5. The van der Waals surface area contributed by atoms with Gasteiger partial charge in [-0.05, 0) is 39.0 Å². The summed E-state index contributed by atoms with van der Waals surface area (Å²) in [5.41, 5.74) is -0.377. The van der Waals surface area contributed by atoms with Gasteiger partial charge in [0.1, 0.15) is 22.3 Å². The molecule has 1 unspecified atom stereocenters. The Balaban J connectivity index is 2.33. The molecule has 0 saturated heterocycles. The minimum atomic E-state index is -5.24. The molecule has 1 aliphatic heterocycles. The molecule has 3 rings (SSSR count). The van der Waals surface area contributed by atoms with Crippen LogP contribution in [0, 0.1) is 5.41 Å². The van der Waals surface area contributed by atoms with Crippen LogP contribution in [0.5, 0.6) is 5.75 Å². The number of fused-ring (bicyclic) bond motifs is 1. The summed E-state index contributed by atoms with van der Waals surface area (Å²) < 4.78 is 104. The van der Waals surface area contributed by atoms with E-state index in [-0.39, 0.29) is 17.9 Å². The molecule has 1 aromatic carbocycles. The normalized spacial score (nSPS) is 18.2. The number of pyridine rings is 1. The number of halogens is 5. The third-order valence-electron chi connectivity index (χ3n) is 5.65. The van der Waals surface area contributed by atoms with Crippen molar-refractivity contribution in [2.45, 2.75) is 50.5 Å². The molecule has 0 fully saturated rings. The van der Waals surface area contributed by atoms with Gasteiger partial charge in [0.25, 0.3) is 5.92 Å². The summed E-state index contributed by atoms with van der Waals surface area (Å²) in [4.78, 5) is 4.36. The summed E-state index contributed by atoms with van der Waals surface area (Å²) in [6, 6.07) is 4.40. The summed E-state index contributed by atoms with van der Waals surface area (Å²) in [6.07, 6.45) is -0.352. The average molecular weight is 545 g/mol. The molecule has 1 N–H and O–H groups in total. The lowest BCUT2D eigenvalue weighted by Gasteiger charge is -2.37. The van der Waals surface area contributed by atoms with Gasteiger partial charge in [-0.3, -0.25) is 5.41 Å². The van der Waals surface area contributed by atoms with E-state index in [1.807, 2.05) is 0 Å². The Hall–Kier alpha value is -3.32. The minimum Gasteiger partial charge on any atom is -0.404 e. The largest absolute Gasteiger partial charge is 0.573 e. The lowest BCUT2D eigenvalue weighted by molar-refractivity contribution is -0.275. The zero-order valence-corrected chi connectivity index (χ0v) is 20.9. The highest BCUT2D eigenvalue weighted by Gasteiger charge is 2.55. The first kappa shape index (κ1) is 28.3. The number of likely N-dealkylation sites (N-methyl/N-ethyl adjacent to an activating group) is 1. The Kier molecular flexibility index (Phi) is 8.08. The average Bonchev–Trinajstić information content (AvgIpc) is 2.95. The third-order valence-corrected chi connectivity index (χ3v) is 7.50. The number of aromatic nitrogens is 1. The molecule has 1 aliphatic rings. The Morgan fingerprint density at radius 2 is 1.84 bits per heavy atom. The van der Waals surface area contributed by atoms with Gasteiger partial charge in [0.2, 0.25) is 10.0 Å². The number of benzene rings is 1. The molecule has 13 heteroatoms. The fraction of sp³-hybridized carbons (Fsp3) is 0.333. The van der Waals surface area contributed by atoms with E-state index in [1.54, 1.807) is 6.92 Å². The molecule has 7 nitrogen and oxygen atoms in total. The first-order valence-electron chi connectivity index (χ1n) is 11.1. The predicted molar refractivity (Wildman–Crippen MR) is 128 cm³/mol. The molecule has 0 saturated carbocycles. The molecular formula is C24H25F5N4O3S. The summed E-state index contributed by atoms with van der Waals surface area (Å²) in [5, 5.41) is 8.74. The molecule has 0 aliphatic carbocycles. The highest BCUT2D eigenvalue weighted by Crippen LogP contribution is 2.42. The van der Waals surface area contributed by atoms with Gasteiger partial charge in [0.05, 0.1) is 0 Å². The lowest BCUT2D eigenvalue weighted by Crippen LogP contribution is -2.58. The van der Waals surface area contributed by atoms with Gasteiger partial charge in [-0.1, -0.05) is 36.4 Å². The van der Waals surface area contributed by atoms with Crippen LogP contribution in [0.1, 0.15) is 26.3 Å². The van der Waals surface area contributed by atoms with E-state index in [4.69, 9.17) is 5.41 Å². The molecular weight excluding hydrogens is 519 g/mol. The maximum Gasteiger partial charge on any atom is 0.573 e. The van der Waals surface area contributed by atoms with Crippen LogP contribution in [0.2, 0.25) is 0 Å². The van der Waals surface area contributed by atoms with Crippen LogP contribution in [0.15, 0.2) is 71.3 Å². The van der Waals surface area contributed by atoms with E-state index >= 15 is 8.78 Å². The number of nitrogens with one attached hydrogen (secondary N) is 1. The van der Waals surface area contributed by atoms with Gasteiger partial charge in [-0.25, -0.2) is 13.4 Å². The van der Waals surface area contributed by atoms with Crippen molar-refractivity contribution in [3.63, 3.8) is 0 Å². The van der Waals surface area contributed by atoms with Crippen molar-refractivity contribution in [3.8, 4) is 5.75 Å². The first-order valence-corrected chi connectivity index (χ1v) is 12.6. The van der Waals surface area contributed by atoms with E-state index in [0.717, 1.165) is 41.3 Å². The van der Waals surface area contributed by atoms with E-state index in [1.165, 1.54) is 38.3 Å². The number of para-hydroxylation sites is 1. The number of sulfonamides is 1. The summed E-state index contributed by atoms with van der Waals surface area (Å²) >= 11 is 0. The fourth-order valence-electron chi connectivity index (χ4n) is 4.09. The monoisotopic (exact) mass is 544 g/mol. The number of amidine groups is 1. The zero-order chi connectivity index (χ0) is 27.6. The molecule has 0 bridgehead atoms. The molecule has 2 aromatic rings. The standard InChI is InChI=1S/C24H25F5N4O3S/c1-4-10-17(5-2)23(25,26)20-21(30)32(6-3)22-16(11-9-14-31-22)15-33(20)37(34,35)19-13-8-7-12-18(19)36-24(27,28)29/h4-5,7-14,20,30H,6,15H2,1-3H3. The van der Waals surface area contributed by atoms with Gasteiger partial charge in [-0.15, -0.1) is 13.2 Å². The van der Waals surface area contributed by atoms with Crippen LogP contribution in [0.3, 0.4) is 0 Å². The van der Waals surface area contributed by atoms with E-state index in [2.05, 4.69) is 9.72 Å². The fourth-order valence-corrected chi connectivity index (χ4v) is 5.77. The van der Waals surface area contributed by atoms with Crippen molar-refractivity contribution in [2.75, 3.05) is 11.4 Å². The molecule has 1 atom stereocenters. The van der Waals surface area contributed by atoms with Gasteiger partial charge in [0, 0.05) is 30.4 Å². The van der Waals surface area contributed by atoms with Crippen LogP contribution >= 0.6 is 0 Å². The van der Waals surface area contributed by atoms with Crippen LogP contribution in [0.25, 0.3) is 0 Å². The minimum absolute atomic E-state index is 0.00583. The molecule has 0 spiro atoms. The molecule has 1 aromatic heterocycles. The van der Waals surface area contributed by atoms with Crippen molar-refractivity contribution in [1.29, 1.82) is 5.41 Å². The Labute approximate surface area is 211 Å². The summed E-state index contributed by atoms with van der Waals surface area (Å²) in [5.74, 6) is -5.72. The van der Waals surface area contributed by atoms with Crippen LogP contribution < -0.4 is 9.64 Å². The smallest absolute Gasteiger partial charge is 0.404 e. The Bertz CT molecular complexity index is 1330. The van der Waals surface area contributed by atoms with Crippen LogP contribution in [-0.4, -0.2) is 48.4 Å². The lowest BCUT2D eigenvalue weighted by atomic mass is 9.98. The van der Waals surface area contributed by atoms with Crippen molar-refractivity contribution >= 4 is 21.7 Å². The second kappa shape index (κ2) is 10.6. The van der Waals surface area contributed by atoms with Gasteiger partial charge in [0.15, 0.2) is 6.04 Å². The van der Waals surface area contributed by atoms with Gasteiger partial charge >= 0.3 is 6.36 Å². The topological polar surface area (TPSA) is 86.6 Å². The molecule has 2 heterocycles. The maximum atomic E-state index is 16.2. The number of nitrogens with zero attached hydrogens (tertiary/aromatic N) is 3. The van der Waals surface area contributed by atoms with E-state index in [0.29, 0.717) is 4.31 Å². The zero-order valence-electron chi connectivity index (χ0n) is 20.1. The van der Waals surface area contributed by atoms with Crippen molar-refractivity contribution in [1.82, 2.24) is 9.29 Å². The second-order valence-corrected chi connectivity index (χ2v) is 9.79. The summed E-state index contributed by atoms with van der Waals surface area (Å²) in [7, 11) is -5.10. The number of alkyl halides is 5. The van der Waals surface area contributed by atoms with Crippen molar-refractivity contribution < 1.29 is 35.1 Å². The highest BCUT2D eigenvalue weighted by atomic mass is 32.2. The van der Waals surface area contributed by atoms with Gasteiger partial charge < -0.3 is 9.64 Å². The number of ether oxygens (including phenoxy) is 1. The van der Waals surface area contributed by atoms with Crippen molar-refractivity contribution in [2.24, 2.45) is 0 Å². The van der Waals surface area contributed by atoms with Crippen LogP contribution in [0.4, 0.5) is 27.8 Å². The predicted octanol–water partition coefficient (Wildman–Crippen LogP) is 5.51. The first-order chi connectivity index (χ1) is 17.3. The van der Waals surface area contributed by atoms with E-state index in [9.17, 15) is 21.6 Å². The third kappa shape index (κ3) is 5.52. The Morgan fingerprint density at radius 1 is 1.16 bits per heavy atom. The molecule has 200 valence electrons. The molecule has 37 heavy (non-hydrogen) atoms. The number of hydrogen-bond donors (Lipinski definition) is 1. The number of allylic oxidation sites excluding steroid dienone is 3. The highest BCUT2D eigenvalue weighted by molar-refractivity contribution is 7.89.